The van der Waals surface area contributed by atoms with Gasteiger partial charge < -0.3 is 10.3 Å². The molecule has 0 aliphatic carbocycles. The predicted molar refractivity (Wildman–Crippen MR) is 82.7 cm³/mol. The second kappa shape index (κ2) is 5.50. The van der Waals surface area contributed by atoms with Gasteiger partial charge in [-0.1, -0.05) is 12.1 Å². The summed E-state index contributed by atoms with van der Waals surface area (Å²) in [6.45, 7) is 3.61. The van der Waals surface area contributed by atoms with Gasteiger partial charge in [0.25, 0.3) is 5.91 Å². The van der Waals surface area contributed by atoms with Gasteiger partial charge in [0.05, 0.1) is 17.3 Å². The van der Waals surface area contributed by atoms with Crippen LogP contribution in [0.25, 0.3) is 10.9 Å². The number of sulfonamides is 1. The number of hydrogen-bond acceptors (Lipinski definition) is 3. The summed E-state index contributed by atoms with van der Waals surface area (Å²) >= 11 is 0. The number of aromatic nitrogens is 1. The van der Waals surface area contributed by atoms with Gasteiger partial charge in [-0.2, -0.15) is 0 Å². The molecule has 0 saturated carbocycles. The zero-order chi connectivity index (χ0) is 15.7. The number of fused-ring (bicyclic) bond motifs is 1. The standard InChI is InChI=1S/C14H19N3O3S/c1-14(2,17-21(3,19)20)9-16-13(18)11-6-4-5-10-7-8-15-12(10)11/h4-8,15,17H,9H2,1-3H3,(H,16,18). The Balaban J connectivity index is 2.10. The van der Waals surface area contributed by atoms with Crippen LogP contribution in [0.3, 0.4) is 0 Å². The Kier molecular flexibility index (Phi) is 4.06. The molecule has 1 heterocycles. The van der Waals surface area contributed by atoms with Crippen LogP contribution in [0.5, 0.6) is 0 Å². The summed E-state index contributed by atoms with van der Waals surface area (Å²) in [4.78, 5) is 15.3. The molecular formula is C14H19N3O3S. The zero-order valence-corrected chi connectivity index (χ0v) is 13.0. The second-order valence-corrected chi connectivity index (χ2v) is 7.44. The molecule has 7 heteroatoms. The van der Waals surface area contributed by atoms with E-state index in [2.05, 4.69) is 15.0 Å². The molecule has 0 fully saturated rings. The first-order chi connectivity index (χ1) is 9.68. The Morgan fingerprint density at radius 3 is 2.67 bits per heavy atom. The molecule has 0 spiro atoms. The van der Waals surface area contributed by atoms with Crippen LogP contribution in [0.2, 0.25) is 0 Å². The summed E-state index contributed by atoms with van der Waals surface area (Å²) in [5.74, 6) is -0.244. The molecule has 0 atom stereocenters. The molecule has 0 aliphatic heterocycles. The van der Waals surface area contributed by atoms with Gasteiger partial charge in [0.15, 0.2) is 0 Å². The maximum absolute atomic E-state index is 12.3. The number of para-hydroxylation sites is 1. The molecule has 21 heavy (non-hydrogen) atoms. The van der Waals surface area contributed by atoms with Gasteiger partial charge in [0.2, 0.25) is 10.0 Å². The Hall–Kier alpha value is -1.86. The Morgan fingerprint density at radius 2 is 2.00 bits per heavy atom. The maximum atomic E-state index is 12.3. The van der Waals surface area contributed by atoms with Crippen molar-refractivity contribution < 1.29 is 13.2 Å². The summed E-state index contributed by atoms with van der Waals surface area (Å²) < 4.78 is 25.0. The van der Waals surface area contributed by atoms with Crippen LogP contribution in [-0.4, -0.2) is 37.6 Å². The third-order valence-electron chi connectivity index (χ3n) is 2.98. The van der Waals surface area contributed by atoms with E-state index in [1.165, 1.54) is 0 Å². The third kappa shape index (κ3) is 4.05. The molecule has 1 aromatic carbocycles. The fourth-order valence-corrected chi connectivity index (χ4v) is 3.28. The van der Waals surface area contributed by atoms with E-state index in [0.717, 1.165) is 17.2 Å². The first kappa shape index (κ1) is 15.5. The first-order valence-electron chi connectivity index (χ1n) is 6.51. The molecule has 0 saturated heterocycles. The van der Waals surface area contributed by atoms with Gasteiger partial charge in [-0.05, 0) is 26.0 Å². The minimum atomic E-state index is -3.33. The van der Waals surface area contributed by atoms with Crippen LogP contribution >= 0.6 is 0 Å². The number of aromatic amines is 1. The van der Waals surface area contributed by atoms with Crippen LogP contribution in [0.4, 0.5) is 0 Å². The summed E-state index contributed by atoms with van der Waals surface area (Å²) in [6, 6.07) is 7.34. The molecule has 0 bridgehead atoms. The normalized spacial score (nSPS) is 12.5. The number of hydrogen-bond donors (Lipinski definition) is 3. The van der Waals surface area contributed by atoms with Crippen molar-refractivity contribution in [3.8, 4) is 0 Å². The van der Waals surface area contributed by atoms with Crippen LogP contribution in [0.15, 0.2) is 30.5 Å². The fourth-order valence-electron chi connectivity index (χ4n) is 2.21. The van der Waals surface area contributed by atoms with E-state index in [0.29, 0.717) is 5.56 Å². The summed E-state index contributed by atoms with van der Waals surface area (Å²) in [6.07, 6.45) is 2.87. The van der Waals surface area contributed by atoms with Crippen molar-refractivity contribution in [3.63, 3.8) is 0 Å². The number of amides is 1. The Labute approximate surface area is 124 Å². The van der Waals surface area contributed by atoms with E-state index in [1.807, 2.05) is 18.2 Å². The number of H-pyrrole nitrogens is 1. The lowest BCUT2D eigenvalue weighted by Gasteiger charge is -2.25. The average Bonchev–Trinajstić information content (AvgIpc) is 2.81. The minimum Gasteiger partial charge on any atom is -0.361 e. The molecule has 2 aromatic rings. The molecular weight excluding hydrogens is 290 g/mol. The van der Waals surface area contributed by atoms with Gasteiger partial charge in [-0.15, -0.1) is 0 Å². The zero-order valence-electron chi connectivity index (χ0n) is 12.2. The fraction of sp³-hybridized carbons (Fsp3) is 0.357. The van der Waals surface area contributed by atoms with Crippen molar-refractivity contribution >= 4 is 26.8 Å². The highest BCUT2D eigenvalue weighted by Gasteiger charge is 2.23. The molecule has 1 aromatic heterocycles. The Bertz CT molecular complexity index is 763. The van der Waals surface area contributed by atoms with Gasteiger partial charge in [-0.3, -0.25) is 4.79 Å². The quantitative estimate of drug-likeness (QED) is 0.775. The lowest BCUT2D eigenvalue weighted by Crippen LogP contribution is -2.51. The highest BCUT2D eigenvalue weighted by atomic mass is 32.2. The molecule has 114 valence electrons. The van der Waals surface area contributed by atoms with Crippen molar-refractivity contribution in [2.45, 2.75) is 19.4 Å². The molecule has 2 rings (SSSR count). The van der Waals surface area contributed by atoms with E-state index < -0.39 is 15.6 Å². The van der Waals surface area contributed by atoms with E-state index in [9.17, 15) is 13.2 Å². The lowest BCUT2D eigenvalue weighted by atomic mass is 10.1. The van der Waals surface area contributed by atoms with E-state index in [-0.39, 0.29) is 12.5 Å². The van der Waals surface area contributed by atoms with Crippen LogP contribution in [0, 0.1) is 0 Å². The van der Waals surface area contributed by atoms with Crippen LogP contribution in [0.1, 0.15) is 24.2 Å². The molecule has 0 aliphatic rings. The summed E-state index contributed by atoms with van der Waals surface area (Å²) in [5, 5.41) is 3.71. The first-order valence-corrected chi connectivity index (χ1v) is 8.40. The van der Waals surface area contributed by atoms with Crippen molar-refractivity contribution in [1.82, 2.24) is 15.0 Å². The lowest BCUT2D eigenvalue weighted by molar-refractivity contribution is 0.0946. The van der Waals surface area contributed by atoms with Crippen LogP contribution < -0.4 is 10.0 Å². The highest BCUT2D eigenvalue weighted by Crippen LogP contribution is 2.16. The highest BCUT2D eigenvalue weighted by molar-refractivity contribution is 7.88. The number of rotatable bonds is 5. The van der Waals surface area contributed by atoms with Gasteiger partial charge in [0.1, 0.15) is 0 Å². The smallest absolute Gasteiger partial charge is 0.253 e. The van der Waals surface area contributed by atoms with Gasteiger partial charge in [-0.25, -0.2) is 13.1 Å². The van der Waals surface area contributed by atoms with Crippen molar-refractivity contribution in [3.05, 3.63) is 36.0 Å². The van der Waals surface area contributed by atoms with Crippen molar-refractivity contribution in [2.75, 3.05) is 12.8 Å². The number of carbonyl (C=O) groups excluding carboxylic acids is 1. The molecule has 1 amide bonds. The Morgan fingerprint density at radius 1 is 1.29 bits per heavy atom. The minimum absolute atomic E-state index is 0.190. The van der Waals surface area contributed by atoms with E-state index >= 15 is 0 Å². The van der Waals surface area contributed by atoms with Gasteiger partial charge in [0, 0.05) is 23.7 Å². The van der Waals surface area contributed by atoms with Gasteiger partial charge >= 0.3 is 0 Å². The van der Waals surface area contributed by atoms with E-state index in [4.69, 9.17) is 0 Å². The monoisotopic (exact) mass is 309 g/mol. The summed E-state index contributed by atoms with van der Waals surface area (Å²) in [5.41, 5.74) is 0.545. The molecule has 6 nitrogen and oxygen atoms in total. The number of benzene rings is 1. The van der Waals surface area contributed by atoms with Crippen LogP contribution in [-0.2, 0) is 10.0 Å². The van der Waals surface area contributed by atoms with E-state index in [1.54, 1.807) is 26.1 Å². The maximum Gasteiger partial charge on any atom is 0.253 e. The third-order valence-corrected chi connectivity index (χ3v) is 3.91. The SMILES string of the molecule is CC(C)(CNC(=O)c1cccc2cc[nH]c12)NS(C)(=O)=O. The average molecular weight is 309 g/mol. The van der Waals surface area contributed by atoms with Crippen molar-refractivity contribution in [2.24, 2.45) is 0 Å². The van der Waals surface area contributed by atoms with Crippen molar-refractivity contribution in [1.29, 1.82) is 0 Å². The largest absolute Gasteiger partial charge is 0.361 e. The number of nitrogens with one attached hydrogen (secondary N) is 3. The second-order valence-electron chi connectivity index (χ2n) is 5.69. The molecule has 0 radical (unpaired) electrons. The predicted octanol–water partition coefficient (Wildman–Crippen LogP) is 1.23. The molecule has 0 unspecified atom stereocenters. The topological polar surface area (TPSA) is 91.1 Å². The molecule has 3 N–H and O–H groups in total. The summed E-state index contributed by atoms with van der Waals surface area (Å²) in [7, 11) is -3.33. The number of carbonyl (C=O) groups is 1.